The maximum Gasteiger partial charge on any atom is 0.266 e. The van der Waals surface area contributed by atoms with Crippen LogP contribution in [-0.2, 0) is 4.79 Å². The number of rotatable bonds is 5. The van der Waals surface area contributed by atoms with Crippen molar-refractivity contribution in [2.45, 2.75) is 20.3 Å². The van der Waals surface area contributed by atoms with Gasteiger partial charge in [-0.15, -0.1) is 11.3 Å². The number of hydrogen-bond donors (Lipinski definition) is 2. The average Bonchev–Trinajstić information content (AvgIpc) is 3.14. The van der Waals surface area contributed by atoms with Crippen molar-refractivity contribution in [3.8, 4) is 11.1 Å². The molecular weight excluding hydrogens is 344 g/mol. The molecule has 0 spiro atoms. The second kappa shape index (κ2) is 7.97. The summed E-state index contributed by atoms with van der Waals surface area (Å²) in [5, 5.41) is 7.63. The van der Waals surface area contributed by atoms with Crippen LogP contribution in [0.5, 0.6) is 0 Å². The summed E-state index contributed by atoms with van der Waals surface area (Å²) in [7, 11) is 0. The molecule has 0 aliphatic heterocycles. The summed E-state index contributed by atoms with van der Waals surface area (Å²) in [5.74, 6) is -0.177. The minimum absolute atomic E-state index is 0.0388. The number of amides is 2. The monoisotopic (exact) mass is 364 g/mol. The lowest BCUT2D eigenvalue weighted by molar-refractivity contribution is -0.115. The second-order valence-corrected chi connectivity index (χ2v) is 6.88. The second-order valence-electron chi connectivity index (χ2n) is 5.96. The van der Waals surface area contributed by atoms with Crippen LogP contribution in [0.2, 0.25) is 0 Å². The van der Waals surface area contributed by atoms with Gasteiger partial charge in [0.15, 0.2) is 0 Å². The molecule has 0 atom stereocenters. The summed E-state index contributed by atoms with van der Waals surface area (Å²) < 4.78 is 0. The molecular formula is C21H20N2O2S. The van der Waals surface area contributed by atoms with Gasteiger partial charge >= 0.3 is 0 Å². The highest BCUT2D eigenvalue weighted by atomic mass is 32.1. The van der Waals surface area contributed by atoms with Crippen molar-refractivity contribution in [1.29, 1.82) is 0 Å². The van der Waals surface area contributed by atoms with E-state index < -0.39 is 0 Å². The Kier molecular flexibility index (Phi) is 5.49. The number of benzene rings is 2. The Morgan fingerprint density at radius 2 is 1.50 bits per heavy atom. The number of thiophene rings is 1. The van der Waals surface area contributed by atoms with Crippen molar-refractivity contribution in [2.24, 2.45) is 0 Å². The number of nitrogens with one attached hydrogen (secondary N) is 2. The van der Waals surface area contributed by atoms with E-state index in [9.17, 15) is 9.59 Å². The van der Waals surface area contributed by atoms with Gasteiger partial charge in [-0.3, -0.25) is 9.59 Å². The Morgan fingerprint density at radius 3 is 2.12 bits per heavy atom. The Hall–Kier alpha value is -2.92. The molecule has 0 aliphatic rings. The molecule has 1 heterocycles. The first-order chi connectivity index (χ1) is 12.6. The van der Waals surface area contributed by atoms with Gasteiger partial charge < -0.3 is 10.6 Å². The minimum Gasteiger partial charge on any atom is -0.326 e. The van der Waals surface area contributed by atoms with Gasteiger partial charge in [0, 0.05) is 23.4 Å². The topological polar surface area (TPSA) is 58.2 Å². The Balaban J connectivity index is 1.74. The zero-order valence-electron chi connectivity index (χ0n) is 14.7. The summed E-state index contributed by atoms with van der Waals surface area (Å²) in [6.07, 6.45) is 0.429. The van der Waals surface area contributed by atoms with E-state index >= 15 is 0 Å². The van der Waals surface area contributed by atoms with Gasteiger partial charge in [-0.2, -0.15) is 0 Å². The molecule has 5 heteroatoms. The molecule has 0 aliphatic carbocycles. The molecule has 0 radical (unpaired) electrons. The third kappa shape index (κ3) is 4.18. The van der Waals surface area contributed by atoms with E-state index in [1.54, 1.807) is 31.2 Å². The maximum absolute atomic E-state index is 12.7. The molecule has 0 fully saturated rings. The molecule has 4 nitrogen and oxygen atoms in total. The van der Waals surface area contributed by atoms with E-state index in [-0.39, 0.29) is 11.8 Å². The van der Waals surface area contributed by atoms with Gasteiger partial charge in [0.05, 0.1) is 4.88 Å². The summed E-state index contributed by atoms with van der Waals surface area (Å²) in [6, 6.07) is 17.2. The predicted molar refractivity (Wildman–Crippen MR) is 108 cm³/mol. The molecule has 3 aromatic rings. The van der Waals surface area contributed by atoms with Crippen molar-refractivity contribution in [1.82, 2.24) is 0 Å². The van der Waals surface area contributed by atoms with Gasteiger partial charge in [-0.25, -0.2) is 0 Å². The van der Waals surface area contributed by atoms with Crippen LogP contribution in [0.15, 0.2) is 60.0 Å². The van der Waals surface area contributed by atoms with E-state index in [2.05, 4.69) is 10.6 Å². The first-order valence-corrected chi connectivity index (χ1v) is 9.30. The zero-order valence-corrected chi connectivity index (χ0v) is 15.5. The molecule has 0 saturated heterocycles. The van der Waals surface area contributed by atoms with Crippen LogP contribution < -0.4 is 10.6 Å². The zero-order chi connectivity index (χ0) is 18.5. The van der Waals surface area contributed by atoms with Gasteiger partial charge in [-0.05, 0) is 48.2 Å². The number of aryl methyl sites for hydroxylation is 1. The van der Waals surface area contributed by atoms with E-state index in [1.165, 1.54) is 16.9 Å². The lowest BCUT2D eigenvalue weighted by Crippen LogP contribution is -2.12. The first kappa shape index (κ1) is 17.9. The molecule has 2 amide bonds. The number of carbonyl (C=O) groups excluding carboxylic acids is 2. The van der Waals surface area contributed by atoms with Crippen molar-refractivity contribution < 1.29 is 9.59 Å². The van der Waals surface area contributed by atoms with Crippen LogP contribution in [0.4, 0.5) is 11.4 Å². The quantitative estimate of drug-likeness (QED) is 0.643. The largest absolute Gasteiger partial charge is 0.326 e. The highest BCUT2D eigenvalue weighted by Gasteiger charge is 2.15. The third-order valence-electron chi connectivity index (χ3n) is 3.98. The highest BCUT2D eigenvalue weighted by Crippen LogP contribution is 2.29. The first-order valence-electron chi connectivity index (χ1n) is 8.42. The maximum atomic E-state index is 12.7. The molecule has 0 unspecified atom stereocenters. The van der Waals surface area contributed by atoms with E-state index in [0.29, 0.717) is 22.7 Å². The smallest absolute Gasteiger partial charge is 0.266 e. The fourth-order valence-corrected chi connectivity index (χ4v) is 3.33. The lowest BCUT2D eigenvalue weighted by Gasteiger charge is -2.08. The summed E-state index contributed by atoms with van der Waals surface area (Å²) in [5.41, 5.74) is 4.54. The van der Waals surface area contributed by atoms with Gasteiger partial charge in [0.2, 0.25) is 5.91 Å². The van der Waals surface area contributed by atoms with Crippen molar-refractivity contribution >= 4 is 34.5 Å². The van der Waals surface area contributed by atoms with Gasteiger partial charge in [0.1, 0.15) is 0 Å². The van der Waals surface area contributed by atoms with Crippen molar-refractivity contribution in [2.75, 3.05) is 10.6 Å². The van der Waals surface area contributed by atoms with Gasteiger partial charge in [0.25, 0.3) is 5.91 Å². The average molecular weight is 364 g/mol. The SMILES string of the molecule is CCC(=O)Nc1ccc(NC(=O)c2sccc2-c2ccc(C)cc2)cc1. The molecule has 2 N–H and O–H groups in total. The predicted octanol–water partition coefficient (Wildman–Crippen LogP) is 5.32. The highest BCUT2D eigenvalue weighted by molar-refractivity contribution is 7.12. The summed E-state index contributed by atoms with van der Waals surface area (Å²) in [4.78, 5) is 24.8. The normalized spacial score (nSPS) is 10.4. The van der Waals surface area contributed by atoms with Crippen LogP contribution in [0.1, 0.15) is 28.6 Å². The molecule has 3 rings (SSSR count). The van der Waals surface area contributed by atoms with Crippen LogP contribution >= 0.6 is 11.3 Å². The number of carbonyl (C=O) groups is 2. The van der Waals surface area contributed by atoms with E-state index in [4.69, 9.17) is 0 Å². The van der Waals surface area contributed by atoms with Gasteiger partial charge in [-0.1, -0.05) is 36.8 Å². The molecule has 2 aromatic carbocycles. The van der Waals surface area contributed by atoms with Crippen LogP contribution in [-0.4, -0.2) is 11.8 Å². The van der Waals surface area contributed by atoms with E-state index in [0.717, 1.165) is 11.1 Å². The fourth-order valence-electron chi connectivity index (χ4n) is 2.52. The number of anilines is 2. The van der Waals surface area contributed by atoms with E-state index in [1.807, 2.05) is 42.6 Å². The molecule has 0 saturated carbocycles. The number of hydrogen-bond acceptors (Lipinski definition) is 3. The van der Waals surface area contributed by atoms with Crippen molar-refractivity contribution in [3.63, 3.8) is 0 Å². The standard InChI is InChI=1S/C21H20N2O2S/c1-3-19(24)22-16-8-10-17(11-9-16)23-21(25)20-18(12-13-26-20)15-6-4-14(2)5-7-15/h4-13H,3H2,1-2H3,(H,22,24)(H,23,25). The van der Waals surface area contributed by atoms with Crippen molar-refractivity contribution in [3.05, 3.63) is 70.4 Å². The summed E-state index contributed by atoms with van der Waals surface area (Å²) in [6.45, 7) is 3.84. The molecule has 26 heavy (non-hydrogen) atoms. The van der Waals surface area contributed by atoms with Crippen LogP contribution in [0, 0.1) is 6.92 Å². The molecule has 132 valence electrons. The lowest BCUT2D eigenvalue weighted by atomic mass is 10.0. The molecule has 1 aromatic heterocycles. The van der Waals surface area contributed by atoms with Crippen LogP contribution in [0.3, 0.4) is 0 Å². The Labute approximate surface area is 156 Å². The minimum atomic E-state index is -0.138. The Bertz CT molecular complexity index is 912. The third-order valence-corrected chi connectivity index (χ3v) is 4.89. The summed E-state index contributed by atoms with van der Waals surface area (Å²) >= 11 is 1.42. The molecule has 0 bridgehead atoms. The fraction of sp³-hybridized carbons (Fsp3) is 0.143. The Morgan fingerprint density at radius 1 is 0.885 bits per heavy atom. The van der Waals surface area contributed by atoms with Crippen LogP contribution in [0.25, 0.3) is 11.1 Å².